The third kappa shape index (κ3) is 6.28. The molecule has 0 radical (unpaired) electrons. The summed E-state index contributed by atoms with van der Waals surface area (Å²) in [6.45, 7) is 11.8. The summed E-state index contributed by atoms with van der Waals surface area (Å²) < 4.78 is 0. The quantitative estimate of drug-likeness (QED) is 0.664. The number of allylic oxidation sites excluding steroid dienone is 3. The minimum absolute atomic E-state index is 0.00795. The molecule has 0 fully saturated rings. The summed E-state index contributed by atoms with van der Waals surface area (Å²) in [6.07, 6.45) is 3.99. The number of aliphatic hydroxyl groups is 1. The van der Waals surface area contributed by atoms with E-state index in [9.17, 15) is 0 Å². The molecule has 0 aromatic rings. The monoisotopic (exact) mass is 227 g/mol. The summed E-state index contributed by atoms with van der Waals surface area (Å²) in [5, 5.41) is 12.9. The van der Waals surface area contributed by atoms with Crippen LogP contribution < -0.4 is 5.32 Å². The molecule has 0 aromatic carbocycles. The molecule has 3 heteroatoms. The predicted octanol–water partition coefficient (Wildman–Crippen LogP) is 4.29. The Morgan fingerprint density at radius 3 is 2.33 bits per heavy atom. The highest BCUT2D eigenvalue weighted by molar-refractivity contribution is 8.06. The van der Waals surface area contributed by atoms with E-state index in [-0.39, 0.29) is 5.88 Å². The standard InChI is InChI=1S/C12H21NOS/c1-6-8-12(13-10(5)14)15-11(7-2)9(3)4/h8,13-14H,5-7H2,1-4H3/b12-8-. The summed E-state index contributed by atoms with van der Waals surface area (Å²) in [7, 11) is 0. The average molecular weight is 227 g/mol. The highest BCUT2D eigenvalue weighted by Gasteiger charge is 2.03. The summed E-state index contributed by atoms with van der Waals surface area (Å²) in [4.78, 5) is 1.32. The zero-order valence-electron chi connectivity index (χ0n) is 10.1. The lowest BCUT2D eigenvalue weighted by Gasteiger charge is -2.12. The van der Waals surface area contributed by atoms with Crippen LogP contribution in [0.1, 0.15) is 40.5 Å². The van der Waals surface area contributed by atoms with Gasteiger partial charge in [-0.25, -0.2) is 0 Å². The smallest absolute Gasteiger partial charge is 0.181 e. The number of thioether (sulfide) groups is 1. The van der Waals surface area contributed by atoms with E-state index < -0.39 is 0 Å². The summed E-state index contributed by atoms with van der Waals surface area (Å²) >= 11 is 1.66. The van der Waals surface area contributed by atoms with E-state index in [0.717, 1.165) is 17.9 Å². The second-order valence-corrected chi connectivity index (χ2v) is 4.56. The molecule has 0 heterocycles. The van der Waals surface area contributed by atoms with Gasteiger partial charge in [-0.3, -0.25) is 0 Å². The van der Waals surface area contributed by atoms with Gasteiger partial charge in [-0.1, -0.05) is 37.3 Å². The van der Waals surface area contributed by atoms with Crippen molar-refractivity contribution in [2.75, 3.05) is 0 Å². The molecular formula is C12H21NOS. The zero-order valence-corrected chi connectivity index (χ0v) is 10.9. The van der Waals surface area contributed by atoms with Crippen LogP contribution in [0.25, 0.3) is 0 Å². The van der Waals surface area contributed by atoms with Crippen molar-refractivity contribution in [3.63, 3.8) is 0 Å². The molecule has 0 aromatic heterocycles. The molecule has 2 N–H and O–H groups in total. The van der Waals surface area contributed by atoms with E-state index in [2.05, 4.69) is 39.6 Å². The molecule has 2 nitrogen and oxygen atoms in total. The molecule has 0 aliphatic carbocycles. The molecule has 15 heavy (non-hydrogen) atoms. The Balaban J connectivity index is 4.61. The van der Waals surface area contributed by atoms with Gasteiger partial charge in [0, 0.05) is 0 Å². The second-order valence-electron chi connectivity index (χ2n) is 3.43. The van der Waals surface area contributed by atoms with Crippen molar-refractivity contribution in [2.24, 2.45) is 0 Å². The van der Waals surface area contributed by atoms with Crippen LogP contribution in [-0.4, -0.2) is 5.11 Å². The van der Waals surface area contributed by atoms with E-state index in [1.807, 2.05) is 6.08 Å². The van der Waals surface area contributed by atoms with Gasteiger partial charge in [0.05, 0.1) is 5.03 Å². The van der Waals surface area contributed by atoms with Gasteiger partial charge in [-0.2, -0.15) is 0 Å². The Bertz CT molecular complexity index is 275. The van der Waals surface area contributed by atoms with Gasteiger partial charge >= 0.3 is 0 Å². The first-order chi connectivity index (χ1) is 7.01. The largest absolute Gasteiger partial charge is 0.495 e. The van der Waals surface area contributed by atoms with Crippen LogP contribution in [0, 0.1) is 0 Å². The highest BCUT2D eigenvalue weighted by Crippen LogP contribution is 2.29. The molecular weight excluding hydrogens is 206 g/mol. The van der Waals surface area contributed by atoms with Gasteiger partial charge in [0.1, 0.15) is 0 Å². The first-order valence-electron chi connectivity index (χ1n) is 5.20. The molecule has 0 atom stereocenters. The van der Waals surface area contributed by atoms with Crippen LogP contribution in [0.4, 0.5) is 0 Å². The lowest BCUT2D eigenvalue weighted by atomic mass is 10.3. The molecule has 0 saturated carbocycles. The van der Waals surface area contributed by atoms with Crippen molar-refractivity contribution in [3.8, 4) is 0 Å². The van der Waals surface area contributed by atoms with Crippen LogP contribution in [0.3, 0.4) is 0 Å². The number of rotatable bonds is 6. The van der Waals surface area contributed by atoms with Crippen molar-refractivity contribution in [3.05, 3.63) is 34.0 Å². The minimum Gasteiger partial charge on any atom is -0.495 e. The van der Waals surface area contributed by atoms with Crippen LogP contribution in [0.2, 0.25) is 0 Å². The van der Waals surface area contributed by atoms with E-state index >= 15 is 0 Å². The fourth-order valence-corrected chi connectivity index (χ4v) is 2.14. The SMILES string of the molecule is C=C(O)N/C(=C/CC)SC(CC)=C(C)C. The number of hydrogen-bond donors (Lipinski definition) is 2. The highest BCUT2D eigenvalue weighted by atomic mass is 32.2. The summed E-state index contributed by atoms with van der Waals surface area (Å²) in [5.41, 5.74) is 1.31. The molecule has 0 amide bonds. The molecule has 0 aliphatic heterocycles. The molecule has 0 unspecified atom stereocenters. The molecule has 0 rings (SSSR count). The minimum atomic E-state index is -0.00795. The third-order valence-corrected chi connectivity index (χ3v) is 3.20. The first kappa shape index (κ1) is 14.2. The molecule has 86 valence electrons. The van der Waals surface area contributed by atoms with Crippen molar-refractivity contribution in [1.82, 2.24) is 5.32 Å². The Labute approximate surface area is 97.2 Å². The van der Waals surface area contributed by atoms with Crippen LogP contribution in [-0.2, 0) is 0 Å². The van der Waals surface area contributed by atoms with Crippen molar-refractivity contribution in [2.45, 2.75) is 40.5 Å². The maximum Gasteiger partial charge on any atom is 0.181 e. The van der Waals surface area contributed by atoms with Gasteiger partial charge in [-0.15, -0.1) is 0 Å². The lowest BCUT2D eigenvalue weighted by Crippen LogP contribution is -2.09. The fourth-order valence-electron chi connectivity index (χ4n) is 1.11. The second kappa shape index (κ2) is 7.46. The number of aliphatic hydroxyl groups excluding tert-OH is 1. The Morgan fingerprint density at radius 2 is 2.00 bits per heavy atom. The van der Waals surface area contributed by atoms with Crippen LogP contribution in [0.5, 0.6) is 0 Å². The maximum atomic E-state index is 9.10. The van der Waals surface area contributed by atoms with Crippen molar-refractivity contribution in [1.29, 1.82) is 0 Å². The summed E-state index contributed by atoms with van der Waals surface area (Å²) in [6, 6.07) is 0. The predicted molar refractivity (Wildman–Crippen MR) is 69.5 cm³/mol. The Kier molecular flexibility index (Phi) is 7.05. The normalized spacial score (nSPS) is 11.1. The topological polar surface area (TPSA) is 32.3 Å². The number of hydrogen-bond acceptors (Lipinski definition) is 3. The van der Waals surface area contributed by atoms with Gasteiger partial charge in [0.2, 0.25) is 0 Å². The van der Waals surface area contributed by atoms with Crippen molar-refractivity contribution < 1.29 is 5.11 Å². The fraction of sp³-hybridized carbons (Fsp3) is 0.500. The molecule has 0 aliphatic rings. The van der Waals surface area contributed by atoms with E-state index in [0.29, 0.717) is 0 Å². The summed E-state index contributed by atoms with van der Waals surface area (Å²) in [5.74, 6) is -0.00795. The van der Waals surface area contributed by atoms with Crippen LogP contribution in [0.15, 0.2) is 34.0 Å². The molecule has 0 spiro atoms. The van der Waals surface area contributed by atoms with Crippen LogP contribution >= 0.6 is 11.8 Å². The van der Waals surface area contributed by atoms with Gasteiger partial charge in [0.25, 0.3) is 0 Å². The molecule has 0 saturated heterocycles. The number of nitrogens with one attached hydrogen (secondary N) is 1. The third-order valence-electron chi connectivity index (χ3n) is 1.77. The van der Waals surface area contributed by atoms with Gasteiger partial charge < -0.3 is 10.4 Å². The Hall–Kier alpha value is -0.830. The maximum absolute atomic E-state index is 9.10. The van der Waals surface area contributed by atoms with E-state index in [4.69, 9.17) is 5.11 Å². The van der Waals surface area contributed by atoms with Crippen molar-refractivity contribution >= 4 is 11.8 Å². The zero-order chi connectivity index (χ0) is 11.8. The van der Waals surface area contributed by atoms with E-state index in [1.165, 1.54) is 10.5 Å². The first-order valence-corrected chi connectivity index (χ1v) is 6.02. The molecule has 0 bridgehead atoms. The van der Waals surface area contributed by atoms with Gasteiger partial charge in [-0.05, 0) is 38.2 Å². The lowest BCUT2D eigenvalue weighted by molar-refractivity contribution is 0.384. The Morgan fingerprint density at radius 1 is 1.40 bits per heavy atom. The average Bonchev–Trinajstić information content (AvgIpc) is 2.12. The van der Waals surface area contributed by atoms with Gasteiger partial charge in [0.15, 0.2) is 5.88 Å². The van der Waals surface area contributed by atoms with E-state index in [1.54, 1.807) is 11.8 Å².